The first-order valence-corrected chi connectivity index (χ1v) is 15.5. The topological polar surface area (TPSA) is 88.2 Å². The predicted molar refractivity (Wildman–Crippen MR) is 160 cm³/mol. The molecule has 2 N–H and O–H groups in total. The first-order chi connectivity index (χ1) is 18.8. The molecule has 2 fully saturated rings. The molecule has 2 aliphatic carbocycles. The number of aromatic hydroxyl groups is 1. The summed E-state index contributed by atoms with van der Waals surface area (Å²) in [7, 11) is 0. The second-order valence-electron chi connectivity index (χ2n) is 13.3. The number of fused-ring (bicyclic) bond motifs is 1. The third-order valence-corrected chi connectivity index (χ3v) is 10.9. The maximum absolute atomic E-state index is 12.9. The van der Waals surface area contributed by atoms with E-state index in [1.165, 1.54) is 24.6 Å². The van der Waals surface area contributed by atoms with Crippen LogP contribution in [0, 0.1) is 36.5 Å². The lowest BCUT2D eigenvalue weighted by molar-refractivity contribution is -0.167. The number of benzene rings is 2. The van der Waals surface area contributed by atoms with Gasteiger partial charge in [-0.25, -0.2) is 0 Å². The second kappa shape index (κ2) is 10.6. The number of aromatic nitrogens is 3. The smallest absolute Gasteiger partial charge is 0.196 e. The average molecular weight is 562 g/mol. The van der Waals surface area contributed by atoms with Crippen LogP contribution in [0.3, 0.4) is 0 Å². The summed E-state index contributed by atoms with van der Waals surface area (Å²) >= 11 is 1.38. The van der Waals surface area contributed by atoms with Crippen molar-refractivity contribution in [2.45, 2.75) is 90.8 Å². The highest BCUT2D eigenvalue weighted by Crippen LogP contribution is 2.62. The lowest BCUT2D eigenvalue weighted by Gasteiger charge is -2.61. The van der Waals surface area contributed by atoms with E-state index in [0.29, 0.717) is 23.1 Å². The van der Waals surface area contributed by atoms with Crippen molar-refractivity contribution >= 4 is 17.5 Å². The van der Waals surface area contributed by atoms with Gasteiger partial charge in [0, 0.05) is 17.9 Å². The quantitative estimate of drug-likeness (QED) is 0.236. The lowest BCUT2D eigenvalue weighted by Crippen LogP contribution is -2.58. The van der Waals surface area contributed by atoms with E-state index in [0.717, 1.165) is 41.9 Å². The molecular weight excluding hydrogens is 518 g/mol. The van der Waals surface area contributed by atoms with Gasteiger partial charge >= 0.3 is 0 Å². The summed E-state index contributed by atoms with van der Waals surface area (Å²) in [5.74, 6) is 1.90. The van der Waals surface area contributed by atoms with Gasteiger partial charge in [-0.15, -0.1) is 10.2 Å². The Balaban J connectivity index is 1.54. The Morgan fingerprint density at radius 1 is 1.02 bits per heavy atom. The van der Waals surface area contributed by atoms with Crippen LogP contribution in [0.15, 0.2) is 47.6 Å². The van der Waals surface area contributed by atoms with E-state index in [4.69, 9.17) is 5.10 Å². The Morgan fingerprint density at radius 3 is 2.38 bits per heavy atom. The van der Waals surface area contributed by atoms with Crippen molar-refractivity contribution in [3.63, 3.8) is 0 Å². The number of phenols is 1. The Kier molecular flexibility index (Phi) is 7.68. The van der Waals surface area contributed by atoms with E-state index in [9.17, 15) is 15.0 Å². The van der Waals surface area contributed by atoms with Crippen molar-refractivity contribution in [1.29, 1.82) is 0 Å². The van der Waals surface area contributed by atoms with E-state index in [2.05, 4.69) is 25.9 Å². The number of phenolic OH excluding ortho intramolecular Hbond substituents is 1. The van der Waals surface area contributed by atoms with Crippen molar-refractivity contribution in [1.82, 2.24) is 14.8 Å². The molecule has 5 rings (SSSR count). The van der Waals surface area contributed by atoms with Crippen LogP contribution in [0.1, 0.15) is 87.1 Å². The molecule has 0 aliphatic heterocycles. The molecule has 4 atom stereocenters. The number of hydrogen-bond donors (Lipinski definition) is 2. The molecule has 2 saturated carbocycles. The SMILES string of the molecule is Cc1cc(-n2c(C[C@@H]3[C@@]4(C)CCCC(C)(C)[C@@H]4CC[C@@]3(C)O)nnc2SCC(=O)c2ccccc2)cc(C)c1O. The molecule has 0 saturated heterocycles. The van der Waals surface area contributed by atoms with Crippen LogP contribution in [0.25, 0.3) is 5.69 Å². The summed E-state index contributed by atoms with van der Waals surface area (Å²) in [6.45, 7) is 13.0. The van der Waals surface area contributed by atoms with E-state index in [-0.39, 0.29) is 34.0 Å². The van der Waals surface area contributed by atoms with Crippen LogP contribution >= 0.6 is 11.8 Å². The lowest BCUT2D eigenvalue weighted by atomic mass is 9.45. The van der Waals surface area contributed by atoms with Gasteiger partial charge in [-0.05, 0) is 86.5 Å². The maximum atomic E-state index is 12.9. The monoisotopic (exact) mass is 561 g/mol. The largest absolute Gasteiger partial charge is 0.507 e. The first-order valence-electron chi connectivity index (χ1n) is 14.5. The number of Topliss-reactive ketones (excluding diaryl/α,β-unsaturated/α-hetero) is 1. The highest BCUT2D eigenvalue weighted by molar-refractivity contribution is 7.99. The van der Waals surface area contributed by atoms with Crippen molar-refractivity contribution < 1.29 is 15.0 Å². The van der Waals surface area contributed by atoms with Gasteiger partial charge in [-0.2, -0.15) is 0 Å². The van der Waals surface area contributed by atoms with Gasteiger partial charge in [0.15, 0.2) is 10.9 Å². The number of nitrogens with zero attached hydrogens (tertiary/aromatic N) is 3. The van der Waals surface area contributed by atoms with Gasteiger partial charge in [0.25, 0.3) is 0 Å². The predicted octanol–water partition coefficient (Wildman–Crippen LogP) is 7.10. The second-order valence-corrected chi connectivity index (χ2v) is 14.2. The minimum Gasteiger partial charge on any atom is -0.507 e. The third kappa shape index (κ3) is 5.23. The summed E-state index contributed by atoms with van der Waals surface area (Å²) in [4.78, 5) is 12.9. The van der Waals surface area contributed by atoms with Gasteiger partial charge in [-0.1, -0.05) is 69.3 Å². The maximum Gasteiger partial charge on any atom is 0.196 e. The van der Waals surface area contributed by atoms with E-state index >= 15 is 0 Å². The zero-order chi connectivity index (χ0) is 28.9. The summed E-state index contributed by atoms with van der Waals surface area (Å²) < 4.78 is 2.04. The molecule has 0 spiro atoms. The van der Waals surface area contributed by atoms with Gasteiger partial charge in [0.05, 0.1) is 17.0 Å². The fourth-order valence-corrected chi connectivity index (χ4v) is 8.81. The fourth-order valence-electron chi connectivity index (χ4n) is 7.95. The van der Waals surface area contributed by atoms with Gasteiger partial charge in [-0.3, -0.25) is 9.36 Å². The summed E-state index contributed by atoms with van der Waals surface area (Å²) in [5, 5.41) is 32.2. The van der Waals surface area contributed by atoms with E-state index in [1.54, 1.807) is 0 Å². The van der Waals surface area contributed by atoms with Crippen LogP contribution < -0.4 is 0 Å². The van der Waals surface area contributed by atoms with Gasteiger partial charge < -0.3 is 10.2 Å². The number of hydrogen-bond acceptors (Lipinski definition) is 6. The third-order valence-electron chi connectivity index (χ3n) is 10.0. The molecule has 7 heteroatoms. The number of ketones is 1. The molecule has 0 bridgehead atoms. The number of aryl methyl sites for hydroxylation is 2. The summed E-state index contributed by atoms with van der Waals surface area (Å²) in [5.41, 5.74) is 2.50. The Hall–Kier alpha value is -2.64. The molecular formula is C33H43N3O3S. The Morgan fingerprint density at radius 2 is 1.70 bits per heavy atom. The molecule has 214 valence electrons. The van der Waals surface area contributed by atoms with Crippen molar-refractivity contribution in [2.24, 2.45) is 22.7 Å². The van der Waals surface area contributed by atoms with Crippen molar-refractivity contribution in [3.05, 3.63) is 65.0 Å². The number of carbonyl (C=O) groups is 1. The minimum atomic E-state index is -0.813. The molecule has 6 nitrogen and oxygen atoms in total. The minimum absolute atomic E-state index is 0.0162. The summed E-state index contributed by atoms with van der Waals surface area (Å²) in [6.07, 6.45) is 5.90. The standard InChI is InChI=1S/C33H43N3O3S/c1-21-17-24(18-22(2)29(21)38)36-28(34-35-30(36)40-20-25(37)23-11-8-7-9-12-23)19-27-32(5)15-10-14-31(3,4)26(32)13-16-33(27,6)39/h7-9,11-12,17-18,26-27,38-39H,10,13-16,19-20H2,1-6H3/t26-,27+,32-,33+/m0/s1. The first kappa shape index (κ1) is 28.9. The molecule has 2 aliphatic rings. The summed E-state index contributed by atoms with van der Waals surface area (Å²) in [6, 6.07) is 13.2. The number of aliphatic hydroxyl groups is 1. The molecule has 0 unspecified atom stereocenters. The van der Waals surface area contributed by atoms with E-state index < -0.39 is 5.60 Å². The van der Waals surface area contributed by atoms with Crippen LogP contribution in [-0.2, 0) is 6.42 Å². The van der Waals surface area contributed by atoms with Crippen molar-refractivity contribution in [3.8, 4) is 11.4 Å². The zero-order valence-electron chi connectivity index (χ0n) is 24.7. The van der Waals surface area contributed by atoms with Crippen LogP contribution in [0.4, 0.5) is 0 Å². The molecule has 1 heterocycles. The van der Waals surface area contributed by atoms with E-state index in [1.807, 2.05) is 67.8 Å². The average Bonchev–Trinajstić information content (AvgIpc) is 3.30. The van der Waals surface area contributed by atoms with Gasteiger partial charge in [0.1, 0.15) is 11.6 Å². The molecule has 2 aromatic carbocycles. The zero-order valence-corrected chi connectivity index (χ0v) is 25.5. The normalized spacial score (nSPS) is 27.8. The molecule has 1 aromatic heterocycles. The van der Waals surface area contributed by atoms with Gasteiger partial charge in [0.2, 0.25) is 0 Å². The molecule has 40 heavy (non-hydrogen) atoms. The van der Waals surface area contributed by atoms with Crippen LogP contribution in [0.5, 0.6) is 5.75 Å². The van der Waals surface area contributed by atoms with Crippen LogP contribution in [0.2, 0.25) is 0 Å². The Labute approximate surface area is 242 Å². The van der Waals surface area contributed by atoms with Crippen LogP contribution in [-0.4, -0.2) is 42.1 Å². The highest BCUT2D eigenvalue weighted by Gasteiger charge is 2.58. The molecule has 0 amide bonds. The molecule has 0 radical (unpaired) electrons. The number of rotatable bonds is 7. The molecule has 3 aromatic rings. The Bertz CT molecular complexity index is 1370. The van der Waals surface area contributed by atoms with Crippen molar-refractivity contribution in [2.75, 3.05) is 5.75 Å². The number of thioether (sulfide) groups is 1. The fraction of sp³-hybridized carbons (Fsp3) is 0.545. The highest BCUT2D eigenvalue weighted by atomic mass is 32.2. The number of carbonyl (C=O) groups excluding carboxylic acids is 1.